The number of piperidine rings is 1. The first-order valence-electron chi connectivity index (χ1n) is 13.2. The fourth-order valence-electron chi connectivity index (χ4n) is 5.36. The Morgan fingerprint density at radius 3 is 2.52 bits per heavy atom. The maximum Gasteiger partial charge on any atom is 0.281 e. The van der Waals surface area contributed by atoms with Crippen LogP contribution in [-0.2, 0) is 26.7 Å². The molecule has 1 aliphatic rings. The van der Waals surface area contributed by atoms with E-state index in [1.165, 1.54) is 23.4 Å². The van der Waals surface area contributed by atoms with Gasteiger partial charge in [0.15, 0.2) is 17.7 Å². The molecule has 206 valence electrons. The van der Waals surface area contributed by atoms with Crippen LogP contribution in [-0.4, -0.2) is 53.0 Å². The number of likely N-dealkylation sites (tertiary alicyclic amines) is 1. The molecule has 0 bridgehead atoms. The van der Waals surface area contributed by atoms with Crippen molar-refractivity contribution >= 4 is 11.0 Å². The minimum Gasteiger partial charge on any atom is -0.444 e. The second-order valence-electron chi connectivity index (χ2n) is 10.4. The summed E-state index contributed by atoms with van der Waals surface area (Å²) in [7, 11) is 1.78. The fourth-order valence-corrected chi connectivity index (χ4v) is 5.36. The molecule has 11 heteroatoms. The molecule has 4 heterocycles. The molecule has 3 aromatic heterocycles. The van der Waals surface area contributed by atoms with Crippen LogP contribution in [0.2, 0.25) is 0 Å². The largest absolute Gasteiger partial charge is 0.444 e. The predicted octanol–water partition coefficient (Wildman–Crippen LogP) is 3.08. The fraction of sp³-hybridized carbons (Fsp3) is 0.310. The molecule has 0 saturated carbocycles. The number of benzene rings is 2. The number of rotatable bonds is 7. The van der Waals surface area contributed by atoms with Gasteiger partial charge in [-0.1, -0.05) is 36.4 Å². The highest BCUT2D eigenvalue weighted by molar-refractivity contribution is 5.89. The van der Waals surface area contributed by atoms with Gasteiger partial charge in [-0.25, -0.2) is 14.4 Å². The third-order valence-corrected chi connectivity index (χ3v) is 7.69. The molecule has 1 fully saturated rings. The van der Waals surface area contributed by atoms with Crippen LogP contribution in [0.3, 0.4) is 0 Å². The van der Waals surface area contributed by atoms with Crippen molar-refractivity contribution in [2.24, 2.45) is 12.8 Å². The van der Waals surface area contributed by atoms with E-state index in [0.717, 1.165) is 16.8 Å². The number of halogens is 1. The van der Waals surface area contributed by atoms with E-state index in [4.69, 9.17) is 10.2 Å². The minimum atomic E-state index is -1.08. The van der Waals surface area contributed by atoms with Crippen molar-refractivity contribution in [2.75, 3.05) is 13.1 Å². The molecule has 0 spiro atoms. The third kappa shape index (κ3) is 4.94. The molecule has 1 aliphatic heterocycles. The van der Waals surface area contributed by atoms with Gasteiger partial charge in [0, 0.05) is 49.9 Å². The summed E-state index contributed by atoms with van der Waals surface area (Å²) in [5.74, 6) is 0.199. The smallest absolute Gasteiger partial charge is 0.281 e. The molecule has 5 aromatic rings. The van der Waals surface area contributed by atoms with Gasteiger partial charge in [-0.3, -0.25) is 18.9 Å². The topological polar surface area (TPSA) is 128 Å². The van der Waals surface area contributed by atoms with Gasteiger partial charge in [-0.2, -0.15) is 5.10 Å². The first-order chi connectivity index (χ1) is 19.3. The highest BCUT2D eigenvalue weighted by Crippen LogP contribution is 2.28. The van der Waals surface area contributed by atoms with Crippen LogP contribution in [0.15, 0.2) is 70.6 Å². The van der Waals surface area contributed by atoms with Crippen LogP contribution in [0.5, 0.6) is 0 Å². The van der Waals surface area contributed by atoms with Crippen molar-refractivity contribution in [3.05, 3.63) is 88.7 Å². The lowest BCUT2D eigenvalue weighted by Crippen LogP contribution is -2.47. The van der Waals surface area contributed by atoms with Gasteiger partial charge in [-0.15, -0.1) is 0 Å². The Labute approximate surface area is 229 Å². The molecule has 40 heavy (non-hydrogen) atoms. The lowest BCUT2D eigenvalue weighted by molar-refractivity contribution is -0.0366. The molecule has 1 saturated heterocycles. The number of oxazole rings is 1. The van der Waals surface area contributed by atoms with Gasteiger partial charge in [0.05, 0.1) is 30.4 Å². The van der Waals surface area contributed by atoms with Crippen molar-refractivity contribution in [1.82, 2.24) is 29.2 Å². The van der Waals surface area contributed by atoms with Crippen LogP contribution < -0.4 is 11.3 Å². The molecule has 6 rings (SSSR count). The van der Waals surface area contributed by atoms with Crippen molar-refractivity contribution in [3.63, 3.8) is 0 Å². The number of aryl methyl sites for hydroxylation is 1. The maximum absolute atomic E-state index is 14.8. The Bertz CT molecular complexity index is 1700. The molecule has 0 radical (unpaired) electrons. The van der Waals surface area contributed by atoms with Gasteiger partial charge in [0.2, 0.25) is 0 Å². The SMILES string of the molecule is Cn1nc2c(=O)n(CC3(O)CCN(Cc4ccc(-c5cnco5)cc4F)CC3)cnc2c1-c1ccc(CN)cc1. The highest BCUT2D eigenvalue weighted by Gasteiger charge is 2.33. The normalized spacial score (nSPS) is 15.6. The first-order valence-corrected chi connectivity index (χ1v) is 13.2. The van der Waals surface area contributed by atoms with Gasteiger partial charge in [0.25, 0.3) is 5.56 Å². The lowest BCUT2D eigenvalue weighted by atomic mass is 9.91. The van der Waals surface area contributed by atoms with Crippen molar-refractivity contribution in [2.45, 2.75) is 38.1 Å². The highest BCUT2D eigenvalue weighted by atomic mass is 19.1. The van der Waals surface area contributed by atoms with Crippen LogP contribution >= 0.6 is 0 Å². The Morgan fingerprint density at radius 2 is 1.85 bits per heavy atom. The zero-order valence-corrected chi connectivity index (χ0v) is 22.1. The van der Waals surface area contributed by atoms with Gasteiger partial charge >= 0.3 is 0 Å². The number of aliphatic hydroxyl groups is 1. The van der Waals surface area contributed by atoms with Gasteiger partial charge in [0.1, 0.15) is 11.3 Å². The zero-order valence-electron chi connectivity index (χ0n) is 22.1. The van der Waals surface area contributed by atoms with E-state index in [0.29, 0.717) is 61.4 Å². The molecule has 0 unspecified atom stereocenters. The van der Waals surface area contributed by atoms with E-state index in [1.807, 2.05) is 30.3 Å². The van der Waals surface area contributed by atoms with E-state index < -0.39 is 5.60 Å². The monoisotopic (exact) mass is 543 g/mol. The number of nitrogens with two attached hydrogens (primary N) is 1. The molecule has 10 nitrogen and oxygen atoms in total. The molecule has 2 aromatic carbocycles. The summed E-state index contributed by atoms with van der Waals surface area (Å²) in [5, 5.41) is 15.8. The Hall–Kier alpha value is -4.19. The zero-order chi connectivity index (χ0) is 27.9. The quantitative estimate of drug-likeness (QED) is 0.321. The molecule has 3 N–H and O–H groups in total. The van der Waals surface area contributed by atoms with E-state index >= 15 is 0 Å². The van der Waals surface area contributed by atoms with Gasteiger partial charge < -0.3 is 15.3 Å². The van der Waals surface area contributed by atoms with Crippen LogP contribution in [0.25, 0.3) is 33.6 Å². The van der Waals surface area contributed by atoms with Crippen molar-refractivity contribution in [1.29, 1.82) is 0 Å². The molecular formula is C29H30FN7O3. The standard InChI is InChI=1S/C29H30FN7O3/c1-35-27(20-4-2-19(13-31)3-5-20)25-26(34-35)28(38)37(17-33-25)16-29(39)8-10-36(11-9-29)15-22-7-6-21(12-23(22)30)24-14-32-18-40-24/h2-7,12,14,17-18,39H,8-11,13,15-16,31H2,1H3. The van der Waals surface area contributed by atoms with E-state index in [1.54, 1.807) is 24.0 Å². The lowest BCUT2D eigenvalue weighted by Gasteiger charge is -2.38. The van der Waals surface area contributed by atoms with Crippen LogP contribution in [0.1, 0.15) is 24.0 Å². The molecule has 0 aliphatic carbocycles. The first kappa shape index (κ1) is 26.1. The number of aromatic nitrogens is 5. The van der Waals surface area contributed by atoms with E-state index in [2.05, 4.69) is 20.0 Å². The Balaban J connectivity index is 1.14. The second-order valence-corrected chi connectivity index (χ2v) is 10.4. The number of hydrogen-bond donors (Lipinski definition) is 2. The summed E-state index contributed by atoms with van der Waals surface area (Å²) < 4.78 is 23.1. The maximum atomic E-state index is 14.8. The summed E-state index contributed by atoms with van der Waals surface area (Å²) >= 11 is 0. The average molecular weight is 544 g/mol. The molecule has 0 atom stereocenters. The van der Waals surface area contributed by atoms with E-state index in [9.17, 15) is 14.3 Å². The summed E-state index contributed by atoms with van der Waals surface area (Å²) in [6.07, 6.45) is 5.23. The average Bonchev–Trinajstić information content (AvgIpc) is 3.61. The summed E-state index contributed by atoms with van der Waals surface area (Å²) in [4.78, 5) is 23.9. The predicted molar refractivity (Wildman–Crippen MR) is 147 cm³/mol. The number of fused-ring (bicyclic) bond motifs is 1. The number of hydrogen-bond acceptors (Lipinski definition) is 8. The van der Waals surface area contributed by atoms with Gasteiger partial charge in [-0.05, 0) is 24.5 Å². The van der Waals surface area contributed by atoms with E-state index in [-0.39, 0.29) is 23.4 Å². The summed E-state index contributed by atoms with van der Waals surface area (Å²) in [6, 6.07) is 12.8. The minimum absolute atomic E-state index is 0.111. The summed E-state index contributed by atoms with van der Waals surface area (Å²) in [6.45, 7) is 2.12. The van der Waals surface area contributed by atoms with Crippen LogP contribution in [0, 0.1) is 5.82 Å². The van der Waals surface area contributed by atoms with Crippen molar-refractivity contribution < 1.29 is 13.9 Å². The van der Waals surface area contributed by atoms with Crippen LogP contribution in [0.4, 0.5) is 4.39 Å². The molecule has 0 amide bonds. The summed E-state index contributed by atoms with van der Waals surface area (Å²) in [5.41, 5.74) is 8.96. The number of nitrogens with zero attached hydrogens (tertiary/aromatic N) is 6. The second kappa shape index (κ2) is 10.4. The Kier molecular flexibility index (Phi) is 6.78. The van der Waals surface area contributed by atoms with Crippen molar-refractivity contribution in [3.8, 4) is 22.6 Å². The molecular weight excluding hydrogens is 513 g/mol. The Morgan fingerprint density at radius 1 is 1.10 bits per heavy atom. The third-order valence-electron chi connectivity index (χ3n) is 7.69.